The Morgan fingerprint density at radius 2 is 1.75 bits per heavy atom. The average Bonchev–Trinajstić information content (AvgIpc) is 3.53. The summed E-state index contributed by atoms with van der Waals surface area (Å²) in [6.07, 6.45) is 6.07. The van der Waals surface area contributed by atoms with E-state index in [0.29, 0.717) is 22.6 Å². The Bertz CT molecular complexity index is 1510. The lowest BCUT2D eigenvalue weighted by molar-refractivity contribution is 0.0808. The van der Waals surface area contributed by atoms with Crippen molar-refractivity contribution in [2.45, 2.75) is 66.3 Å². The predicted molar refractivity (Wildman–Crippen MR) is 174 cm³/mol. The molecule has 242 valence electrons. The van der Waals surface area contributed by atoms with Gasteiger partial charge in [0, 0.05) is 48.2 Å². The van der Waals surface area contributed by atoms with Crippen LogP contribution in [0, 0.1) is 12.8 Å². The van der Waals surface area contributed by atoms with E-state index in [1.54, 1.807) is 27.9 Å². The normalized spacial score (nSPS) is 13.2. The van der Waals surface area contributed by atoms with Gasteiger partial charge in [0.15, 0.2) is 0 Å². The molecule has 0 saturated heterocycles. The molecule has 0 aromatic carbocycles. The summed E-state index contributed by atoms with van der Waals surface area (Å²) in [4.78, 5) is 24.4. The lowest BCUT2D eigenvalue weighted by atomic mass is 9.91. The fourth-order valence-corrected chi connectivity index (χ4v) is 5.26. The number of rotatable bonds is 11. The minimum Gasteiger partial charge on any atom is -0.434 e. The topological polar surface area (TPSA) is 114 Å². The molecule has 10 nitrogen and oxygen atoms in total. The molecule has 2 aromatic rings. The van der Waals surface area contributed by atoms with Crippen molar-refractivity contribution in [1.82, 2.24) is 14.8 Å². The van der Waals surface area contributed by atoms with E-state index in [1.807, 2.05) is 33.1 Å². The van der Waals surface area contributed by atoms with Crippen LogP contribution in [-0.4, -0.2) is 60.3 Å². The van der Waals surface area contributed by atoms with Crippen LogP contribution < -0.4 is 10.6 Å². The summed E-state index contributed by atoms with van der Waals surface area (Å²) in [5.74, 6) is 0.374. The molecule has 11 heteroatoms. The van der Waals surface area contributed by atoms with Crippen molar-refractivity contribution in [2.75, 3.05) is 33.2 Å². The zero-order chi connectivity index (χ0) is 33.0. The quantitative estimate of drug-likeness (QED) is 0.131. The van der Waals surface area contributed by atoms with E-state index >= 15 is 0 Å². The molecule has 0 saturated carbocycles. The number of thioether (sulfide) groups is 1. The minimum atomic E-state index is -0.861. The van der Waals surface area contributed by atoms with Crippen LogP contribution in [0.3, 0.4) is 0 Å². The van der Waals surface area contributed by atoms with Gasteiger partial charge in [-0.25, -0.2) is 9.59 Å². The molecule has 0 spiro atoms. The molecule has 1 aliphatic rings. The lowest BCUT2D eigenvalue weighted by Crippen LogP contribution is -2.32. The lowest BCUT2D eigenvalue weighted by Gasteiger charge is -2.18. The minimum absolute atomic E-state index is 0.0634. The first-order valence-corrected chi connectivity index (χ1v) is 16.0. The third-order valence-corrected chi connectivity index (χ3v) is 7.64. The number of fused-ring (bicyclic) bond motifs is 1. The molecule has 3 rings (SSSR count). The fourth-order valence-electron chi connectivity index (χ4n) is 4.69. The van der Waals surface area contributed by atoms with Gasteiger partial charge in [-0.05, 0) is 82.9 Å². The van der Waals surface area contributed by atoms with E-state index in [1.165, 1.54) is 11.8 Å². The van der Waals surface area contributed by atoms with Crippen molar-refractivity contribution in [3.05, 3.63) is 63.3 Å². The van der Waals surface area contributed by atoms with E-state index in [2.05, 4.69) is 52.2 Å². The van der Waals surface area contributed by atoms with Crippen molar-refractivity contribution < 1.29 is 33.3 Å². The number of aromatic amines is 1. The number of methoxy groups -OCH3 is 1. The number of aromatic nitrogens is 3. The number of aryl methyl sites for hydroxylation is 1. The second-order valence-corrected chi connectivity index (χ2v) is 10.9. The van der Waals surface area contributed by atoms with E-state index in [9.17, 15) is 9.59 Å². The van der Waals surface area contributed by atoms with Gasteiger partial charge in [-0.15, -0.1) is 11.8 Å². The molecule has 2 heterocycles. The number of nitrogens with one attached hydrogen (secondary N) is 1. The maximum Gasteiger partial charge on any atom is 0.513 e. The number of allylic oxidation sites excluding steroid dienone is 4. The fraction of sp³-hybridized carbons (Fsp3) is 0.485. The molecule has 0 radical (unpaired) electrons. The number of nitrogens with zero attached hydrogens (tertiary/aromatic N) is 2. The molecule has 1 N–H and O–H groups in total. The predicted octanol–water partition coefficient (Wildman–Crippen LogP) is 6.38. The summed E-state index contributed by atoms with van der Waals surface area (Å²) in [7, 11) is 3.74. The van der Waals surface area contributed by atoms with Gasteiger partial charge in [-0.2, -0.15) is 5.10 Å². The second kappa shape index (κ2) is 17.6. The summed E-state index contributed by atoms with van der Waals surface area (Å²) < 4.78 is 27.7. The Kier molecular flexibility index (Phi) is 14.6. The van der Waals surface area contributed by atoms with Crippen LogP contribution in [-0.2, 0) is 30.7 Å². The van der Waals surface area contributed by atoms with Gasteiger partial charge in [-0.1, -0.05) is 26.5 Å². The number of H-pyrrole nitrogens is 1. The van der Waals surface area contributed by atoms with Gasteiger partial charge in [0.25, 0.3) is 0 Å². The highest BCUT2D eigenvalue weighted by Crippen LogP contribution is 2.37. The summed E-state index contributed by atoms with van der Waals surface area (Å²) in [5.41, 5.74) is 5.03. The van der Waals surface area contributed by atoms with Crippen molar-refractivity contribution in [3.63, 3.8) is 0 Å². The Morgan fingerprint density at radius 3 is 2.30 bits per heavy atom. The molecule has 0 atom stereocenters. The SMILES string of the molecule is C=C(OC(=O)OCC)/C(=C\C(=C(/C)OC(=O)OCC)C(C)C)c1[nH]nc(SC)c1C1=c2cc(C)n(C)c2=CCC1.CCOC. The molecule has 0 amide bonds. The Morgan fingerprint density at radius 1 is 1.14 bits per heavy atom. The van der Waals surface area contributed by atoms with Gasteiger partial charge in [0.05, 0.1) is 18.9 Å². The van der Waals surface area contributed by atoms with Crippen LogP contribution in [0.5, 0.6) is 0 Å². The third-order valence-electron chi connectivity index (χ3n) is 6.96. The third kappa shape index (κ3) is 9.15. The Labute approximate surface area is 264 Å². The van der Waals surface area contributed by atoms with Crippen molar-refractivity contribution in [1.29, 1.82) is 0 Å². The Balaban J connectivity index is 0.00000159. The average molecular weight is 630 g/mol. The maximum absolute atomic E-state index is 12.3. The summed E-state index contributed by atoms with van der Waals surface area (Å²) in [6.45, 7) is 18.3. The molecule has 0 unspecified atom stereocenters. The molecule has 2 aromatic heterocycles. The largest absolute Gasteiger partial charge is 0.513 e. The van der Waals surface area contributed by atoms with Crippen LogP contribution in [0.25, 0.3) is 17.2 Å². The van der Waals surface area contributed by atoms with Gasteiger partial charge in [0.1, 0.15) is 16.5 Å². The van der Waals surface area contributed by atoms with Crippen molar-refractivity contribution in [3.8, 4) is 0 Å². The first-order chi connectivity index (χ1) is 20.9. The zero-order valence-electron chi connectivity index (χ0n) is 27.7. The first-order valence-electron chi connectivity index (χ1n) is 14.7. The van der Waals surface area contributed by atoms with Gasteiger partial charge in [-0.3, -0.25) is 5.10 Å². The smallest absolute Gasteiger partial charge is 0.434 e. The number of ether oxygens (including phenoxy) is 5. The molecule has 0 aliphatic heterocycles. The summed E-state index contributed by atoms with van der Waals surface area (Å²) in [5, 5.41) is 10.9. The molecular weight excluding hydrogens is 582 g/mol. The van der Waals surface area contributed by atoms with Crippen LogP contribution in [0.1, 0.15) is 71.3 Å². The van der Waals surface area contributed by atoms with E-state index in [4.69, 9.17) is 18.9 Å². The standard InChI is InChI=1S/C30H39N3O6S.C3H8O/c1-10-36-29(34)38-19(6)22(17(3)4)16-23(20(7)39-30(35)37-11-2)27-26(28(40-9)32-31-27)21-13-12-14-25-24(21)15-18(5)33(25)8;1-3-4-2/h14-17H,7,10-13H2,1-6,8-9H3,(H,31,32);3H2,1-2H3/b22-19-,23-16+;. The molecule has 0 fully saturated rings. The van der Waals surface area contributed by atoms with Gasteiger partial charge in [0.2, 0.25) is 0 Å². The van der Waals surface area contributed by atoms with Crippen molar-refractivity contribution >= 4 is 41.3 Å². The second-order valence-electron chi connectivity index (χ2n) is 10.1. The van der Waals surface area contributed by atoms with E-state index in [-0.39, 0.29) is 24.9 Å². The molecule has 0 bridgehead atoms. The maximum atomic E-state index is 12.3. The van der Waals surface area contributed by atoms with Crippen LogP contribution >= 0.6 is 11.8 Å². The number of hydrogen-bond donors (Lipinski definition) is 1. The number of hydrogen-bond acceptors (Lipinski definition) is 9. The molecule has 44 heavy (non-hydrogen) atoms. The van der Waals surface area contributed by atoms with Gasteiger partial charge >= 0.3 is 12.3 Å². The summed E-state index contributed by atoms with van der Waals surface area (Å²) >= 11 is 1.52. The molecular formula is C33H47N3O7S. The molecule has 1 aliphatic carbocycles. The highest BCUT2D eigenvalue weighted by atomic mass is 32.2. The monoisotopic (exact) mass is 629 g/mol. The van der Waals surface area contributed by atoms with E-state index < -0.39 is 12.3 Å². The van der Waals surface area contributed by atoms with Gasteiger partial charge < -0.3 is 28.3 Å². The van der Waals surface area contributed by atoms with Crippen LogP contribution in [0.15, 0.2) is 40.8 Å². The van der Waals surface area contributed by atoms with Crippen LogP contribution in [0.4, 0.5) is 9.59 Å². The highest BCUT2D eigenvalue weighted by molar-refractivity contribution is 7.98. The zero-order valence-corrected chi connectivity index (χ0v) is 28.5. The first kappa shape index (κ1) is 36.5. The highest BCUT2D eigenvalue weighted by Gasteiger charge is 2.26. The number of carbonyl (C=O) groups is 2. The van der Waals surface area contributed by atoms with E-state index in [0.717, 1.165) is 51.9 Å². The van der Waals surface area contributed by atoms with Crippen molar-refractivity contribution in [2.24, 2.45) is 13.0 Å². The Hall–Kier alpha value is -3.70. The summed E-state index contributed by atoms with van der Waals surface area (Å²) in [6, 6.07) is 2.19. The van der Waals surface area contributed by atoms with Crippen LogP contribution in [0.2, 0.25) is 0 Å². The number of carbonyl (C=O) groups excluding carboxylic acids is 2.